The lowest BCUT2D eigenvalue weighted by atomic mass is 10.0. The first-order valence-corrected chi connectivity index (χ1v) is 13.0. The highest BCUT2D eigenvalue weighted by Crippen LogP contribution is 2.32. The van der Waals surface area contributed by atoms with Crippen molar-refractivity contribution in [2.45, 2.75) is 4.90 Å². The number of ether oxygens (including phenoxy) is 1. The van der Waals surface area contributed by atoms with E-state index in [-0.39, 0.29) is 33.4 Å². The number of nitrogens with zero attached hydrogens (tertiary/aromatic N) is 1. The van der Waals surface area contributed by atoms with Crippen molar-refractivity contribution < 1.29 is 22.7 Å². The number of halogens is 1. The van der Waals surface area contributed by atoms with Crippen molar-refractivity contribution in [1.29, 1.82) is 0 Å². The Kier molecular flexibility index (Phi) is 7.91. The first-order chi connectivity index (χ1) is 17.8. The van der Waals surface area contributed by atoms with Gasteiger partial charge in [-0.2, -0.15) is 0 Å². The minimum Gasteiger partial charge on any atom is -0.495 e. The van der Waals surface area contributed by atoms with Gasteiger partial charge in [-0.15, -0.1) is 0 Å². The van der Waals surface area contributed by atoms with Crippen LogP contribution in [0.2, 0.25) is 5.02 Å². The molecule has 0 saturated heterocycles. The van der Waals surface area contributed by atoms with Crippen molar-refractivity contribution in [3.05, 3.63) is 119 Å². The van der Waals surface area contributed by atoms with Gasteiger partial charge in [0.25, 0.3) is 10.0 Å². The number of nitrogens with one attached hydrogen (secondary N) is 1. The number of benzene rings is 4. The molecular weight excluding hydrogens is 512 g/mol. The molecule has 7 nitrogen and oxygen atoms in total. The first-order valence-electron chi connectivity index (χ1n) is 11.2. The van der Waals surface area contributed by atoms with Gasteiger partial charge in [-0.05, 0) is 42.5 Å². The molecule has 1 amide bonds. The van der Waals surface area contributed by atoms with Gasteiger partial charge in [0, 0.05) is 16.1 Å². The van der Waals surface area contributed by atoms with Gasteiger partial charge >= 0.3 is 0 Å². The second-order valence-corrected chi connectivity index (χ2v) is 10.2. The minimum atomic E-state index is -4.15. The van der Waals surface area contributed by atoms with Crippen LogP contribution in [-0.4, -0.2) is 33.8 Å². The molecule has 4 aromatic rings. The molecule has 37 heavy (non-hydrogen) atoms. The Morgan fingerprint density at radius 2 is 1.49 bits per heavy atom. The predicted octanol–water partition coefficient (Wildman–Crippen LogP) is 5.41. The predicted molar refractivity (Wildman–Crippen MR) is 144 cm³/mol. The second kappa shape index (κ2) is 11.3. The van der Waals surface area contributed by atoms with Gasteiger partial charge in [-0.3, -0.25) is 13.9 Å². The van der Waals surface area contributed by atoms with E-state index in [2.05, 4.69) is 5.32 Å². The average Bonchev–Trinajstić information content (AvgIpc) is 2.93. The number of ketones is 1. The van der Waals surface area contributed by atoms with Crippen LogP contribution < -0.4 is 14.4 Å². The topological polar surface area (TPSA) is 92.8 Å². The summed E-state index contributed by atoms with van der Waals surface area (Å²) in [4.78, 5) is 26.4. The van der Waals surface area contributed by atoms with E-state index in [1.165, 1.54) is 37.4 Å². The van der Waals surface area contributed by atoms with Crippen LogP contribution in [0.5, 0.6) is 5.75 Å². The Morgan fingerprint density at radius 1 is 0.865 bits per heavy atom. The standard InChI is InChI=1S/C28H23ClN2O5S/c1-36-26-15-9-8-14-25(26)31(37(34,35)22-12-6-3-7-13-22)19-27(32)30-24-17-16-21(29)18-23(24)28(33)20-10-4-2-5-11-20/h2-18H,19H2,1H3,(H,30,32). The molecule has 0 aliphatic carbocycles. The molecule has 4 rings (SSSR count). The fraction of sp³-hybridized carbons (Fsp3) is 0.0714. The molecule has 0 fully saturated rings. The lowest BCUT2D eigenvalue weighted by molar-refractivity contribution is -0.114. The monoisotopic (exact) mass is 534 g/mol. The smallest absolute Gasteiger partial charge is 0.264 e. The summed E-state index contributed by atoms with van der Waals surface area (Å²) in [6.45, 7) is -0.570. The third kappa shape index (κ3) is 5.82. The maximum Gasteiger partial charge on any atom is 0.264 e. The molecule has 0 unspecified atom stereocenters. The number of hydrogen-bond donors (Lipinski definition) is 1. The maximum atomic E-state index is 13.6. The van der Waals surface area contributed by atoms with Crippen LogP contribution in [-0.2, 0) is 14.8 Å². The number of methoxy groups -OCH3 is 1. The summed E-state index contributed by atoms with van der Waals surface area (Å²) < 4.78 is 33.6. The van der Waals surface area contributed by atoms with Gasteiger partial charge in [-0.1, -0.05) is 72.3 Å². The summed E-state index contributed by atoms with van der Waals surface area (Å²) in [6.07, 6.45) is 0. The number of amides is 1. The van der Waals surface area contributed by atoms with Crippen LogP contribution in [0.1, 0.15) is 15.9 Å². The van der Waals surface area contributed by atoms with Gasteiger partial charge < -0.3 is 10.1 Å². The zero-order valence-corrected chi connectivity index (χ0v) is 21.4. The summed E-state index contributed by atoms with van der Waals surface area (Å²) in [7, 11) is -2.73. The lowest BCUT2D eigenvalue weighted by Gasteiger charge is -2.25. The van der Waals surface area contributed by atoms with Crippen LogP contribution in [0.15, 0.2) is 108 Å². The summed E-state index contributed by atoms with van der Waals surface area (Å²) in [5.41, 5.74) is 1.01. The average molecular weight is 535 g/mol. The number of anilines is 2. The quantitative estimate of drug-likeness (QED) is 0.290. The molecule has 0 spiro atoms. The van der Waals surface area contributed by atoms with Gasteiger partial charge in [0.05, 0.1) is 23.4 Å². The molecule has 9 heteroatoms. The Labute approximate surface area is 220 Å². The van der Waals surface area contributed by atoms with Crippen LogP contribution in [0, 0.1) is 0 Å². The van der Waals surface area contributed by atoms with E-state index in [0.717, 1.165) is 4.31 Å². The van der Waals surface area contributed by atoms with Crippen molar-refractivity contribution in [1.82, 2.24) is 0 Å². The third-order valence-corrected chi connectivity index (χ3v) is 7.52. The lowest BCUT2D eigenvalue weighted by Crippen LogP contribution is -2.38. The van der Waals surface area contributed by atoms with E-state index in [0.29, 0.717) is 10.6 Å². The SMILES string of the molecule is COc1ccccc1N(CC(=O)Nc1ccc(Cl)cc1C(=O)c1ccccc1)S(=O)(=O)c1ccccc1. The molecule has 0 radical (unpaired) electrons. The molecule has 0 heterocycles. The minimum absolute atomic E-state index is 0.0140. The molecule has 0 aliphatic rings. The molecule has 0 bridgehead atoms. The molecule has 0 aliphatic heterocycles. The van der Waals surface area contributed by atoms with E-state index in [9.17, 15) is 18.0 Å². The molecule has 0 atom stereocenters. The van der Waals surface area contributed by atoms with Gasteiger partial charge in [0.2, 0.25) is 5.91 Å². The summed E-state index contributed by atoms with van der Waals surface area (Å²) in [6, 6.07) is 27.4. The van der Waals surface area contributed by atoms with Crippen LogP contribution in [0.3, 0.4) is 0 Å². The molecule has 0 aromatic heterocycles. The fourth-order valence-corrected chi connectivity index (χ4v) is 5.36. The van der Waals surface area contributed by atoms with E-state index in [1.54, 1.807) is 72.8 Å². The van der Waals surface area contributed by atoms with Crippen molar-refractivity contribution >= 4 is 44.7 Å². The van der Waals surface area contributed by atoms with E-state index in [1.807, 2.05) is 0 Å². The van der Waals surface area contributed by atoms with Crippen molar-refractivity contribution in [2.24, 2.45) is 0 Å². The van der Waals surface area contributed by atoms with Crippen LogP contribution >= 0.6 is 11.6 Å². The first kappa shape index (κ1) is 25.9. The number of carbonyl (C=O) groups is 2. The fourth-order valence-electron chi connectivity index (χ4n) is 3.73. The summed E-state index contributed by atoms with van der Waals surface area (Å²) in [5, 5.41) is 3.00. The van der Waals surface area contributed by atoms with E-state index in [4.69, 9.17) is 16.3 Å². The van der Waals surface area contributed by atoms with E-state index < -0.39 is 22.5 Å². The Morgan fingerprint density at radius 3 is 2.16 bits per heavy atom. The van der Waals surface area contributed by atoms with Gasteiger partial charge in [0.15, 0.2) is 5.78 Å². The van der Waals surface area contributed by atoms with Crippen LogP contribution in [0.25, 0.3) is 0 Å². The highest BCUT2D eigenvalue weighted by Gasteiger charge is 2.29. The number of carbonyl (C=O) groups excluding carboxylic acids is 2. The molecule has 0 saturated carbocycles. The van der Waals surface area contributed by atoms with E-state index >= 15 is 0 Å². The zero-order valence-electron chi connectivity index (χ0n) is 19.8. The van der Waals surface area contributed by atoms with Crippen molar-refractivity contribution in [3.63, 3.8) is 0 Å². The zero-order chi connectivity index (χ0) is 26.4. The largest absolute Gasteiger partial charge is 0.495 e. The Bertz CT molecular complexity index is 1530. The normalized spacial score (nSPS) is 11.0. The highest BCUT2D eigenvalue weighted by molar-refractivity contribution is 7.92. The molecule has 188 valence electrons. The second-order valence-electron chi connectivity index (χ2n) is 7.93. The maximum absolute atomic E-state index is 13.6. The third-order valence-electron chi connectivity index (χ3n) is 5.51. The Balaban J connectivity index is 1.69. The van der Waals surface area contributed by atoms with Crippen molar-refractivity contribution in [2.75, 3.05) is 23.3 Å². The molecular formula is C28H23ClN2O5S. The number of sulfonamides is 1. The van der Waals surface area contributed by atoms with Gasteiger partial charge in [-0.25, -0.2) is 8.42 Å². The molecule has 4 aromatic carbocycles. The highest BCUT2D eigenvalue weighted by atomic mass is 35.5. The summed E-state index contributed by atoms with van der Waals surface area (Å²) >= 11 is 6.14. The van der Waals surface area contributed by atoms with Crippen LogP contribution in [0.4, 0.5) is 11.4 Å². The molecule has 1 N–H and O–H groups in total. The number of para-hydroxylation sites is 2. The summed E-state index contributed by atoms with van der Waals surface area (Å²) in [5.74, 6) is -0.715. The Hall–Kier alpha value is -4.14. The number of hydrogen-bond acceptors (Lipinski definition) is 5. The van der Waals surface area contributed by atoms with Crippen molar-refractivity contribution in [3.8, 4) is 5.75 Å². The van der Waals surface area contributed by atoms with Gasteiger partial charge in [0.1, 0.15) is 12.3 Å². The number of rotatable bonds is 9.